The molecule has 0 bridgehead atoms. The quantitative estimate of drug-likeness (QED) is 0.798. The summed E-state index contributed by atoms with van der Waals surface area (Å²) in [6.45, 7) is -0.0706. The minimum absolute atomic E-state index is 0.00333. The Bertz CT molecular complexity index is 956. The molecule has 136 valence electrons. The van der Waals surface area contributed by atoms with Gasteiger partial charge in [-0.25, -0.2) is 13.2 Å². The molecule has 0 saturated heterocycles. The molecule has 0 atom stereocenters. The van der Waals surface area contributed by atoms with Crippen molar-refractivity contribution in [1.82, 2.24) is 5.32 Å². The average molecular weight is 374 g/mol. The van der Waals surface area contributed by atoms with Crippen LogP contribution in [0.3, 0.4) is 0 Å². The van der Waals surface area contributed by atoms with E-state index in [0.717, 1.165) is 5.56 Å². The molecule has 0 aromatic heterocycles. The van der Waals surface area contributed by atoms with E-state index in [2.05, 4.69) is 5.32 Å². The summed E-state index contributed by atoms with van der Waals surface area (Å²) >= 11 is 0. The first-order valence-electron chi connectivity index (χ1n) is 8.02. The first-order valence-corrected chi connectivity index (χ1v) is 9.46. The second-order valence-corrected chi connectivity index (χ2v) is 7.60. The van der Waals surface area contributed by atoms with Crippen LogP contribution in [-0.2, 0) is 26.0 Å². The smallest absolute Gasteiger partial charge is 0.338 e. The van der Waals surface area contributed by atoms with Crippen LogP contribution in [0.4, 0.5) is 5.69 Å². The molecular formula is C18H18N2O5S. The third kappa shape index (κ3) is 3.41. The normalized spacial score (nSPS) is 13.2. The Balaban J connectivity index is 1.86. The third-order valence-corrected chi connectivity index (χ3v) is 5.92. The van der Waals surface area contributed by atoms with Gasteiger partial charge in [0.25, 0.3) is 15.9 Å². The van der Waals surface area contributed by atoms with Crippen molar-refractivity contribution in [3.63, 3.8) is 0 Å². The lowest BCUT2D eigenvalue weighted by molar-refractivity contribution is -0.123. The van der Waals surface area contributed by atoms with Crippen LogP contribution in [0.1, 0.15) is 15.9 Å². The number of carbonyl (C=O) groups excluding carboxylic acids is 2. The van der Waals surface area contributed by atoms with E-state index in [1.54, 1.807) is 12.1 Å². The molecule has 3 rings (SSSR count). The van der Waals surface area contributed by atoms with Crippen molar-refractivity contribution >= 4 is 27.6 Å². The zero-order valence-electron chi connectivity index (χ0n) is 14.1. The maximum absolute atomic E-state index is 13.0. The number of hydrogen-bond donors (Lipinski definition) is 1. The number of para-hydroxylation sites is 1. The van der Waals surface area contributed by atoms with Gasteiger partial charge in [-0.15, -0.1) is 0 Å². The van der Waals surface area contributed by atoms with Crippen LogP contribution in [0.5, 0.6) is 0 Å². The number of amides is 1. The lowest BCUT2D eigenvalue weighted by atomic mass is 10.2. The van der Waals surface area contributed by atoms with Gasteiger partial charge in [-0.1, -0.05) is 24.3 Å². The average Bonchev–Trinajstić information content (AvgIpc) is 3.10. The second-order valence-electron chi connectivity index (χ2n) is 5.73. The van der Waals surface area contributed by atoms with E-state index in [4.69, 9.17) is 4.74 Å². The lowest BCUT2D eigenvalue weighted by Gasteiger charge is -2.19. The predicted octanol–water partition coefficient (Wildman–Crippen LogP) is 1.34. The van der Waals surface area contributed by atoms with Crippen molar-refractivity contribution in [1.29, 1.82) is 0 Å². The van der Waals surface area contributed by atoms with Crippen molar-refractivity contribution in [3.05, 3.63) is 59.7 Å². The first kappa shape index (κ1) is 17.9. The molecule has 26 heavy (non-hydrogen) atoms. The summed E-state index contributed by atoms with van der Waals surface area (Å²) in [6, 6.07) is 13.0. The van der Waals surface area contributed by atoms with E-state index in [1.807, 2.05) is 12.1 Å². The molecule has 0 spiro atoms. The molecule has 2 aromatic rings. The summed E-state index contributed by atoms with van der Waals surface area (Å²) < 4.78 is 32.2. The van der Waals surface area contributed by atoms with Gasteiger partial charge in [-0.3, -0.25) is 9.10 Å². The molecule has 1 aliphatic heterocycles. The number of hydrogen-bond acceptors (Lipinski definition) is 5. The van der Waals surface area contributed by atoms with Crippen molar-refractivity contribution in [2.24, 2.45) is 0 Å². The highest BCUT2D eigenvalue weighted by Crippen LogP contribution is 2.32. The fourth-order valence-corrected chi connectivity index (χ4v) is 4.30. The van der Waals surface area contributed by atoms with Gasteiger partial charge in [0, 0.05) is 13.6 Å². The second kappa shape index (κ2) is 7.17. The Hall–Kier alpha value is -2.87. The van der Waals surface area contributed by atoms with E-state index in [-0.39, 0.29) is 10.5 Å². The minimum atomic E-state index is -3.80. The third-order valence-electron chi connectivity index (χ3n) is 4.12. The fraction of sp³-hybridized carbons (Fsp3) is 0.222. The Morgan fingerprint density at radius 3 is 2.69 bits per heavy atom. The monoisotopic (exact) mass is 374 g/mol. The van der Waals surface area contributed by atoms with Crippen LogP contribution in [0.25, 0.3) is 0 Å². The van der Waals surface area contributed by atoms with Gasteiger partial charge in [0.2, 0.25) is 0 Å². The SMILES string of the molecule is CNC(=O)COC(=O)c1cccc(S(=O)(=O)N2CCc3ccccc32)c1. The van der Waals surface area contributed by atoms with Crippen molar-refractivity contribution < 1.29 is 22.7 Å². The molecule has 0 radical (unpaired) electrons. The zero-order valence-corrected chi connectivity index (χ0v) is 15.0. The van der Waals surface area contributed by atoms with Crippen molar-refractivity contribution in [3.8, 4) is 0 Å². The van der Waals surface area contributed by atoms with E-state index < -0.39 is 28.5 Å². The molecule has 0 fully saturated rings. The van der Waals surface area contributed by atoms with Gasteiger partial charge < -0.3 is 10.1 Å². The Kier molecular flexibility index (Phi) is 4.94. The molecule has 1 amide bonds. The summed E-state index contributed by atoms with van der Waals surface area (Å²) in [5, 5.41) is 2.34. The number of rotatable bonds is 5. The lowest BCUT2D eigenvalue weighted by Crippen LogP contribution is -2.29. The number of anilines is 1. The van der Waals surface area contributed by atoms with Crippen LogP contribution < -0.4 is 9.62 Å². The molecule has 7 nitrogen and oxygen atoms in total. The highest BCUT2D eigenvalue weighted by atomic mass is 32.2. The highest BCUT2D eigenvalue weighted by Gasteiger charge is 2.31. The number of benzene rings is 2. The van der Waals surface area contributed by atoms with Crippen molar-refractivity contribution in [2.45, 2.75) is 11.3 Å². The molecule has 1 heterocycles. The van der Waals surface area contributed by atoms with Crippen LogP contribution in [0.2, 0.25) is 0 Å². The number of fused-ring (bicyclic) bond motifs is 1. The van der Waals surface area contributed by atoms with E-state index in [1.165, 1.54) is 35.6 Å². The van der Waals surface area contributed by atoms with Crippen LogP contribution >= 0.6 is 0 Å². The molecule has 0 aliphatic carbocycles. The van der Waals surface area contributed by atoms with Crippen LogP contribution in [0, 0.1) is 0 Å². The summed E-state index contributed by atoms with van der Waals surface area (Å²) in [5.74, 6) is -1.21. The number of likely N-dealkylation sites (N-methyl/N-ethyl adjacent to an activating group) is 1. The topological polar surface area (TPSA) is 92.8 Å². The summed E-state index contributed by atoms with van der Waals surface area (Å²) in [7, 11) is -2.37. The Morgan fingerprint density at radius 2 is 1.92 bits per heavy atom. The number of nitrogens with one attached hydrogen (secondary N) is 1. The largest absolute Gasteiger partial charge is 0.452 e. The Morgan fingerprint density at radius 1 is 1.15 bits per heavy atom. The molecule has 0 saturated carbocycles. The summed E-state index contributed by atoms with van der Waals surface area (Å²) in [5.41, 5.74) is 1.69. The van der Waals surface area contributed by atoms with E-state index in [9.17, 15) is 18.0 Å². The van der Waals surface area contributed by atoms with Gasteiger partial charge in [0.1, 0.15) is 0 Å². The van der Waals surface area contributed by atoms with Gasteiger partial charge >= 0.3 is 5.97 Å². The van der Waals surface area contributed by atoms with Gasteiger partial charge in [-0.2, -0.15) is 0 Å². The number of carbonyl (C=O) groups is 2. The summed E-state index contributed by atoms with van der Waals surface area (Å²) in [6.07, 6.45) is 0.642. The van der Waals surface area contributed by atoms with Crippen LogP contribution in [0.15, 0.2) is 53.4 Å². The van der Waals surface area contributed by atoms with Gasteiger partial charge in [-0.05, 0) is 36.2 Å². The highest BCUT2D eigenvalue weighted by molar-refractivity contribution is 7.92. The van der Waals surface area contributed by atoms with Crippen molar-refractivity contribution in [2.75, 3.05) is 24.5 Å². The fourth-order valence-electron chi connectivity index (χ4n) is 2.76. The predicted molar refractivity (Wildman–Crippen MR) is 95.5 cm³/mol. The number of ether oxygens (including phenoxy) is 1. The van der Waals surface area contributed by atoms with Gasteiger partial charge in [0.15, 0.2) is 6.61 Å². The molecule has 0 unspecified atom stereocenters. The summed E-state index contributed by atoms with van der Waals surface area (Å²) in [4.78, 5) is 23.2. The maximum atomic E-state index is 13.0. The molecule has 1 N–H and O–H groups in total. The molecule has 1 aliphatic rings. The zero-order chi connectivity index (χ0) is 18.7. The standard InChI is InChI=1S/C18H18N2O5S/c1-19-17(21)12-25-18(22)14-6-4-7-15(11-14)26(23,24)20-10-9-13-5-2-3-8-16(13)20/h2-8,11H,9-10,12H2,1H3,(H,19,21). The van der Waals surface area contributed by atoms with E-state index >= 15 is 0 Å². The number of nitrogens with zero attached hydrogens (tertiary/aromatic N) is 1. The first-order chi connectivity index (χ1) is 12.4. The molecular weight excluding hydrogens is 356 g/mol. The number of esters is 1. The van der Waals surface area contributed by atoms with Crippen LogP contribution in [-0.4, -0.2) is 40.5 Å². The Labute approximate surface area is 151 Å². The van der Waals surface area contributed by atoms with Gasteiger partial charge in [0.05, 0.1) is 16.1 Å². The minimum Gasteiger partial charge on any atom is -0.452 e. The maximum Gasteiger partial charge on any atom is 0.338 e. The molecule has 8 heteroatoms. The number of sulfonamides is 1. The van der Waals surface area contributed by atoms with E-state index in [0.29, 0.717) is 18.7 Å². The molecule has 2 aromatic carbocycles.